The highest BCUT2D eigenvalue weighted by molar-refractivity contribution is 7.71. The Morgan fingerprint density at radius 3 is 2.71 bits per heavy atom. The smallest absolute Gasteiger partial charge is 0.145 e. The zero-order valence-electron chi connectivity index (χ0n) is 3.80. The van der Waals surface area contributed by atoms with Crippen LogP contribution in [0, 0.1) is 4.77 Å². The number of aromatic nitrogens is 4. The molecule has 0 fully saturated rings. The lowest BCUT2D eigenvalue weighted by Gasteiger charge is -1.64. The summed E-state index contributed by atoms with van der Waals surface area (Å²) in [6.07, 6.45) is 0. The molecule has 0 aromatic carbocycles. The maximum Gasteiger partial charge on any atom is 0.344 e. The lowest BCUT2D eigenvalue weighted by molar-refractivity contribution is -0.784. The highest BCUT2D eigenvalue weighted by Crippen LogP contribution is 1.59. The number of nitrogens with one attached hydrogen (secondary N) is 2. The van der Waals surface area contributed by atoms with Crippen LogP contribution in [-0.4, -0.2) is 15.4 Å². The molecule has 7 heavy (non-hydrogen) atoms. The van der Waals surface area contributed by atoms with E-state index in [1.165, 1.54) is 4.80 Å². The van der Waals surface area contributed by atoms with Gasteiger partial charge in [-0.2, -0.15) is 0 Å². The van der Waals surface area contributed by atoms with Crippen LogP contribution in [0.5, 0.6) is 0 Å². The minimum atomic E-state index is 0.475. The van der Waals surface area contributed by atoms with Crippen LogP contribution >= 0.6 is 12.2 Å². The third-order valence-electron chi connectivity index (χ3n) is 0.565. The van der Waals surface area contributed by atoms with Gasteiger partial charge < -0.3 is 0 Å². The molecule has 0 bridgehead atoms. The molecule has 1 aromatic rings. The lowest BCUT2D eigenvalue weighted by Crippen LogP contribution is -2.33. The van der Waals surface area contributed by atoms with Crippen molar-refractivity contribution in [1.82, 2.24) is 15.4 Å². The normalized spacial score (nSPS) is 9.29. The topological polar surface area (TPSA) is 48.4 Å². The Morgan fingerprint density at radius 1 is 1.86 bits per heavy atom. The zero-order chi connectivity index (χ0) is 5.28. The molecule has 2 N–H and O–H groups in total. The Balaban J connectivity index is 3.30. The predicted octanol–water partition coefficient (Wildman–Crippen LogP) is -0.708. The van der Waals surface area contributed by atoms with Gasteiger partial charge in [-0.3, -0.25) is 0 Å². The Bertz CT molecular complexity index is 197. The summed E-state index contributed by atoms with van der Waals surface area (Å²) in [5.41, 5.74) is 0. The minimum Gasteiger partial charge on any atom is -0.145 e. The molecule has 1 rings (SSSR count). The van der Waals surface area contributed by atoms with Crippen molar-refractivity contribution in [2.45, 2.75) is 0 Å². The largest absolute Gasteiger partial charge is 0.344 e. The van der Waals surface area contributed by atoms with Gasteiger partial charge in [-0.05, 0) is 17.3 Å². The van der Waals surface area contributed by atoms with Gasteiger partial charge in [0.25, 0.3) is 0 Å². The first kappa shape index (κ1) is 4.45. The van der Waals surface area contributed by atoms with Gasteiger partial charge in [0.1, 0.15) is 7.05 Å². The molecule has 0 aliphatic heterocycles. The van der Waals surface area contributed by atoms with E-state index in [9.17, 15) is 0 Å². The quantitative estimate of drug-likeness (QED) is 0.348. The molecule has 0 spiro atoms. The third-order valence-corrected chi connectivity index (χ3v) is 0.749. The van der Waals surface area contributed by atoms with Crippen molar-refractivity contribution in [3.8, 4) is 0 Å². The molecule has 4 nitrogen and oxygen atoms in total. The highest BCUT2D eigenvalue weighted by Gasteiger charge is 1.86. The number of tetrazole rings is 1. The molecule has 0 radical (unpaired) electrons. The van der Waals surface area contributed by atoms with Gasteiger partial charge in [0.15, 0.2) is 0 Å². The predicted molar refractivity (Wildman–Crippen MR) is 24.9 cm³/mol. The van der Waals surface area contributed by atoms with E-state index in [0.29, 0.717) is 4.77 Å². The Kier molecular flexibility index (Phi) is 0.900. The van der Waals surface area contributed by atoms with Gasteiger partial charge in [0.05, 0.1) is 0 Å². The molecule has 5 heteroatoms. The molecular formula is C2H5N4S+. The van der Waals surface area contributed by atoms with Crippen LogP contribution in [0.4, 0.5) is 0 Å². The second kappa shape index (κ2) is 1.42. The average Bonchev–Trinajstić information content (AvgIpc) is 1.87. The standard InChI is InChI=1S/C2H4N4S/c1-6-4-2(7)3-5-6/h1H3,(H,4,7)/p+1. The molecule has 0 amide bonds. The maximum absolute atomic E-state index is 4.61. The van der Waals surface area contributed by atoms with Crippen molar-refractivity contribution < 1.29 is 4.80 Å². The van der Waals surface area contributed by atoms with E-state index in [0.717, 1.165) is 0 Å². The fraction of sp³-hybridized carbons (Fsp3) is 0.500. The fourth-order valence-corrected chi connectivity index (χ4v) is 0.483. The summed E-state index contributed by atoms with van der Waals surface area (Å²) in [5, 5.41) is 8.99. The monoisotopic (exact) mass is 117 g/mol. The number of hydrogen-bond donors (Lipinski definition) is 2. The summed E-state index contributed by atoms with van der Waals surface area (Å²) in [6.45, 7) is 0. The number of rotatable bonds is 0. The number of aryl methyl sites for hydroxylation is 1. The molecule has 0 unspecified atom stereocenters. The van der Waals surface area contributed by atoms with Gasteiger partial charge in [-0.15, -0.1) is 5.10 Å². The van der Waals surface area contributed by atoms with Gasteiger partial charge in [-0.1, -0.05) is 10.0 Å². The van der Waals surface area contributed by atoms with Crippen molar-refractivity contribution in [3.05, 3.63) is 4.77 Å². The van der Waals surface area contributed by atoms with Crippen molar-refractivity contribution in [3.63, 3.8) is 0 Å². The summed E-state index contributed by atoms with van der Waals surface area (Å²) in [4.78, 5) is 1.50. The molecular weight excluding hydrogens is 112 g/mol. The van der Waals surface area contributed by atoms with Crippen molar-refractivity contribution in [2.75, 3.05) is 0 Å². The summed E-state index contributed by atoms with van der Waals surface area (Å²) in [5.74, 6) is 0. The van der Waals surface area contributed by atoms with Gasteiger partial charge in [0, 0.05) is 0 Å². The highest BCUT2D eigenvalue weighted by atomic mass is 32.1. The fourth-order valence-electron chi connectivity index (χ4n) is 0.315. The first-order chi connectivity index (χ1) is 3.29. The van der Waals surface area contributed by atoms with E-state index in [-0.39, 0.29) is 0 Å². The second-order valence-electron chi connectivity index (χ2n) is 1.17. The Morgan fingerprint density at radius 2 is 2.57 bits per heavy atom. The molecule has 1 heterocycles. The van der Waals surface area contributed by atoms with Crippen molar-refractivity contribution >= 4 is 12.2 Å². The summed E-state index contributed by atoms with van der Waals surface area (Å²) < 4.78 is 0.475. The van der Waals surface area contributed by atoms with Crippen LogP contribution in [0.25, 0.3) is 0 Å². The van der Waals surface area contributed by atoms with Crippen LogP contribution in [-0.2, 0) is 7.05 Å². The van der Waals surface area contributed by atoms with Gasteiger partial charge >= 0.3 is 4.77 Å². The van der Waals surface area contributed by atoms with Gasteiger partial charge in [-0.25, -0.2) is 0 Å². The van der Waals surface area contributed by atoms with Crippen LogP contribution in [0.3, 0.4) is 0 Å². The minimum absolute atomic E-state index is 0.475. The maximum atomic E-state index is 4.61. The zero-order valence-corrected chi connectivity index (χ0v) is 4.62. The van der Waals surface area contributed by atoms with E-state index in [1.54, 1.807) is 7.05 Å². The average molecular weight is 117 g/mol. The van der Waals surface area contributed by atoms with E-state index in [1.807, 2.05) is 0 Å². The molecule has 0 saturated carbocycles. The Labute approximate surface area is 45.1 Å². The molecule has 38 valence electrons. The lowest BCUT2D eigenvalue weighted by atomic mass is 11.4. The van der Waals surface area contributed by atoms with E-state index in [2.05, 4.69) is 27.6 Å². The second-order valence-corrected chi connectivity index (χ2v) is 1.55. The van der Waals surface area contributed by atoms with Crippen molar-refractivity contribution in [1.29, 1.82) is 0 Å². The molecule has 0 aliphatic carbocycles. The summed E-state index contributed by atoms with van der Waals surface area (Å²) in [7, 11) is 1.76. The van der Waals surface area contributed by atoms with Crippen molar-refractivity contribution in [2.24, 2.45) is 7.05 Å². The van der Waals surface area contributed by atoms with E-state index < -0.39 is 0 Å². The molecule has 0 aliphatic rings. The SMILES string of the molecule is C[n+]1nc(=S)[nH][nH]1. The number of hydrogen-bond acceptors (Lipinski definition) is 2. The number of H-pyrrole nitrogens is 2. The summed E-state index contributed by atoms with van der Waals surface area (Å²) in [6, 6.07) is 0. The Hall–Kier alpha value is -0.710. The van der Waals surface area contributed by atoms with Crippen LogP contribution in [0.1, 0.15) is 0 Å². The van der Waals surface area contributed by atoms with E-state index in [4.69, 9.17) is 0 Å². The van der Waals surface area contributed by atoms with Crippen LogP contribution < -0.4 is 4.80 Å². The first-order valence-corrected chi connectivity index (χ1v) is 2.21. The third kappa shape index (κ3) is 0.833. The molecule has 0 atom stereocenters. The summed E-state index contributed by atoms with van der Waals surface area (Å²) >= 11 is 4.61. The van der Waals surface area contributed by atoms with E-state index >= 15 is 0 Å². The van der Waals surface area contributed by atoms with Gasteiger partial charge in [0.2, 0.25) is 0 Å². The number of aromatic amines is 2. The molecule has 1 aromatic heterocycles. The molecule has 0 saturated heterocycles. The van der Waals surface area contributed by atoms with Crippen LogP contribution in [0.2, 0.25) is 0 Å². The van der Waals surface area contributed by atoms with Crippen LogP contribution in [0.15, 0.2) is 0 Å². The first-order valence-electron chi connectivity index (χ1n) is 1.80. The number of nitrogens with zero attached hydrogens (tertiary/aromatic N) is 2.